The summed E-state index contributed by atoms with van der Waals surface area (Å²) >= 11 is 0. The molecule has 1 aromatic carbocycles. The molecular formula is C16H20FNO2. The average molecular weight is 277 g/mol. The Kier molecular flexibility index (Phi) is 5.18. The molecule has 20 heavy (non-hydrogen) atoms. The van der Waals surface area contributed by atoms with Crippen LogP contribution in [-0.4, -0.2) is 13.7 Å². The normalized spacial score (nSPS) is 12.3. The molecule has 1 aromatic heterocycles. The number of furan rings is 1. The number of ether oxygens (including phenoxy) is 1. The lowest BCUT2D eigenvalue weighted by Gasteiger charge is -2.19. The van der Waals surface area contributed by atoms with Gasteiger partial charge in [0.05, 0.1) is 19.6 Å². The molecule has 0 radical (unpaired) electrons. The molecule has 0 aliphatic carbocycles. The van der Waals surface area contributed by atoms with Gasteiger partial charge in [0, 0.05) is 6.04 Å². The van der Waals surface area contributed by atoms with Crippen LogP contribution in [0.1, 0.15) is 30.5 Å². The Labute approximate surface area is 118 Å². The van der Waals surface area contributed by atoms with Gasteiger partial charge in [-0.1, -0.05) is 13.0 Å². The molecule has 2 rings (SSSR count). The van der Waals surface area contributed by atoms with Crippen molar-refractivity contribution in [2.75, 3.05) is 13.7 Å². The van der Waals surface area contributed by atoms with Crippen molar-refractivity contribution in [2.24, 2.45) is 0 Å². The lowest BCUT2D eigenvalue weighted by molar-refractivity contribution is 0.385. The molecule has 0 saturated carbocycles. The van der Waals surface area contributed by atoms with Crippen molar-refractivity contribution in [3.05, 3.63) is 53.7 Å². The topological polar surface area (TPSA) is 34.4 Å². The highest BCUT2D eigenvalue weighted by atomic mass is 19.1. The number of hydrogen-bond acceptors (Lipinski definition) is 3. The third-order valence-corrected chi connectivity index (χ3v) is 3.24. The van der Waals surface area contributed by atoms with Crippen LogP contribution in [0.5, 0.6) is 5.75 Å². The molecule has 1 atom stereocenters. The molecule has 1 unspecified atom stereocenters. The Morgan fingerprint density at radius 2 is 2.20 bits per heavy atom. The Balaban J connectivity index is 2.18. The monoisotopic (exact) mass is 277 g/mol. The molecule has 0 fully saturated rings. The van der Waals surface area contributed by atoms with E-state index in [1.54, 1.807) is 18.6 Å². The molecule has 0 bridgehead atoms. The highest BCUT2D eigenvalue weighted by molar-refractivity contribution is 5.32. The van der Waals surface area contributed by atoms with E-state index in [2.05, 4.69) is 12.2 Å². The standard InChI is InChI=1S/C16H20FNO2/c1-3-7-18-15(9-12-6-8-20-11-12)13-4-5-16(19-2)14(17)10-13/h4-6,8,10-11,15,18H,3,7,9H2,1-2H3. The molecule has 0 aliphatic rings. The van der Waals surface area contributed by atoms with Gasteiger partial charge in [-0.15, -0.1) is 0 Å². The van der Waals surface area contributed by atoms with Gasteiger partial charge in [0.1, 0.15) is 0 Å². The summed E-state index contributed by atoms with van der Waals surface area (Å²) in [5.74, 6) is -0.0632. The SMILES string of the molecule is CCCNC(Cc1ccoc1)c1ccc(OC)c(F)c1. The van der Waals surface area contributed by atoms with Crippen LogP contribution in [0.25, 0.3) is 0 Å². The van der Waals surface area contributed by atoms with Crippen LogP contribution in [0, 0.1) is 5.82 Å². The summed E-state index contributed by atoms with van der Waals surface area (Å²) in [6, 6.07) is 7.09. The largest absolute Gasteiger partial charge is 0.494 e. The summed E-state index contributed by atoms with van der Waals surface area (Å²) in [7, 11) is 1.47. The fourth-order valence-electron chi connectivity index (χ4n) is 2.17. The van der Waals surface area contributed by atoms with E-state index in [9.17, 15) is 4.39 Å². The molecule has 3 nitrogen and oxygen atoms in total. The average Bonchev–Trinajstić information content (AvgIpc) is 2.96. The predicted octanol–water partition coefficient (Wildman–Crippen LogP) is 3.71. The van der Waals surface area contributed by atoms with E-state index >= 15 is 0 Å². The first-order valence-electron chi connectivity index (χ1n) is 6.82. The van der Waals surface area contributed by atoms with Gasteiger partial charge in [-0.3, -0.25) is 0 Å². The minimum absolute atomic E-state index is 0.0629. The molecule has 108 valence electrons. The first-order chi connectivity index (χ1) is 9.74. The number of rotatable bonds is 7. The molecule has 0 saturated heterocycles. The maximum atomic E-state index is 13.8. The fourth-order valence-corrected chi connectivity index (χ4v) is 2.17. The summed E-state index contributed by atoms with van der Waals surface area (Å²) in [5, 5.41) is 3.44. The molecule has 4 heteroatoms. The van der Waals surface area contributed by atoms with Gasteiger partial charge in [-0.05, 0) is 48.7 Å². The van der Waals surface area contributed by atoms with Gasteiger partial charge in [0.15, 0.2) is 11.6 Å². The minimum Gasteiger partial charge on any atom is -0.494 e. The molecule has 2 aromatic rings. The lowest BCUT2D eigenvalue weighted by Crippen LogP contribution is -2.24. The summed E-state index contributed by atoms with van der Waals surface area (Å²) in [5.41, 5.74) is 2.01. The van der Waals surface area contributed by atoms with Crippen molar-refractivity contribution < 1.29 is 13.5 Å². The first kappa shape index (κ1) is 14.6. The van der Waals surface area contributed by atoms with Crippen molar-refractivity contribution in [2.45, 2.75) is 25.8 Å². The number of methoxy groups -OCH3 is 1. The number of nitrogens with one attached hydrogen (secondary N) is 1. The van der Waals surface area contributed by atoms with Gasteiger partial charge in [-0.2, -0.15) is 0 Å². The van der Waals surface area contributed by atoms with E-state index in [0.29, 0.717) is 0 Å². The van der Waals surface area contributed by atoms with Crippen LogP contribution in [0.3, 0.4) is 0 Å². The zero-order chi connectivity index (χ0) is 14.4. The maximum Gasteiger partial charge on any atom is 0.165 e. The van der Waals surface area contributed by atoms with Crippen LogP contribution in [0.15, 0.2) is 41.2 Å². The highest BCUT2D eigenvalue weighted by Gasteiger charge is 2.14. The van der Waals surface area contributed by atoms with Crippen LogP contribution in [0.2, 0.25) is 0 Å². The smallest absolute Gasteiger partial charge is 0.165 e. The minimum atomic E-state index is -0.333. The van der Waals surface area contributed by atoms with E-state index in [4.69, 9.17) is 9.15 Å². The van der Waals surface area contributed by atoms with Crippen molar-refractivity contribution in [1.82, 2.24) is 5.32 Å². The lowest BCUT2D eigenvalue weighted by atomic mass is 10.00. The second-order valence-corrected chi connectivity index (χ2v) is 4.74. The van der Waals surface area contributed by atoms with Gasteiger partial charge < -0.3 is 14.5 Å². The van der Waals surface area contributed by atoms with E-state index in [1.807, 2.05) is 12.1 Å². The Hall–Kier alpha value is -1.81. The molecule has 0 aliphatic heterocycles. The van der Waals surface area contributed by atoms with E-state index < -0.39 is 0 Å². The molecular weight excluding hydrogens is 257 g/mol. The predicted molar refractivity (Wildman–Crippen MR) is 76.4 cm³/mol. The molecule has 0 spiro atoms. The zero-order valence-electron chi connectivity index (χ0n) is 11.9. The summed E-state index contributed by atoms with van der Waals surface area (Å²) < 4.78 is 23.9. The van der Waals surface area contributed by atoms with Crippen molar-refractivity contribution in [3.63, 3.8) is 0 Å². The highest BCUT2D eigenvalue weighted by Crippen LogP contribution is 2.24. The van der Waals surface area contributed by atoms with Crippen molar-refractivity contribution >= 4 is 0 Å². The Morgan fingerprint density at radius 1 is 1.35 bits per heavy atom. The van der Waals surface area contributed by atoms with Crippen LogP contribution < -0.4 is 10.1 Å². The van der Waals surface area contributed by atoms with Crippen molar-refractivity contribution in [1.29, 1.82) is 0 Å². The van der Waals surface area contributed by atoms with E-state index in [-0.39, 0.29) is 17.6 Å². The maximum absolute atomic E-state index is 13.8. The number of hydrogen-bond donors (Lipinski definition) is 1. The van der Waals surface area contributed by atoms with Gasteiger partial charge in [0.2, 0.25) is 0 Å². The molecule has 1 N–H and O–H groups in total. The van der Waals surface area contributed by atoms with E-state index in [0.717, 1.165) is 30.5 Å². The molecule has 0 amide bonds. The fraction of sp³-hybridized carbons (Fsp3) is 0.375. The Bertz CT molecular complexity index is 525. The third-order valence-electron chi connectivity index (χ3n) is 3.24. The van der Waals surface area contributed by atoms with Gasteiger partial charge in [0.25, 0.3) is 0 Å². The second kappa shape index (κ2) is 7.10. The number of benzene rings is 1. The molecule has 1 heterocycles. The van der Waals surface area contributed by atoms with E-state index in [1.165, 1.54) is 13.2 Å². The zero-order valence-corrected chi connectivity index (χ0v) is 11.9. The summed E-state index contributed by atoms with van der Waals surface area (Å²) in [6.07, 6.45) is 5.17. The Morgan fingerprint density at radius 3 is 2.80 bits per heavy atom. The van der Waals surface area contributed by atoms with Gasteiger partial charge >= 0.3 is 0 Å². The summed E-state index contributed by atoms with van der Waals surface area (Å²) in [6.45, 7) is 2.99. The van der Waals surface area contributed by atoms with Crippen LogP contribution >= 0.6 is 0 Å². The van der Waals surface area contributed by atoms with Crippen LogP contribution in [-0.2, 0) is 6.42 Å². The number of halogens is 1. The summed E-state index contributed by atoms with van der Waals surface area (Å²) in [4.78, 5) is 0. The second-order valence-electron chi connectivity index (χ2n) is 4.74. The quantitative estimate of drug-likeness (QED) is 0.837. The van der Waals surface area contributed by atoms with Crippen LogP contribution in [0.4, 0.5) is 4.39 Å². The van der Waals surface area contributed by atoms with Gasteiger partial charge in [-0.25, -0.2) is 4.39 Å². The first-order valence-corrected chi connectivity index (χ1v) is 6.82. The third kappa shape index (κ3) is 3.61. The van der Waals surface area contributed by atoms with Crippen molar-refractivity contribution in [3.8, 4) is 5.75 Å².